The molecule has 2 atom stereocenters. The molecule has 22 heavy (non-hydrogen) atoms. The number of carbonyl (C=O) groups is 1. The van der Waals surface area contributed by atoms with E-state index >= 15 is 0 Å². The van der Waals surface area contributed by atoms with Crippen molar-refractivity contribution in [3.05, 3.63) is 27.5 Å². The standard InChI is InChI=1S/C6H8O6.Cu.N3.Na.H2O4S/c7-1-2(8)5-3(9)4(10)6(11)12-5;;1-3-2;;1-5(2,3)4/h2,5,7-10H,1H2;;;;(H2,1,2,3,4)/q;+1;-1;+1;/p-1/t2-,5+;;;;/m0..../s1. The van der Waals surface area contributed by atoms with Gasteiger partial charge in [0.2, 0.25) is 16.2 Å². The van der Waals surface area contributed by atoms with Gasteiger partial charge >= 0.3 is 52.6 Å². The molecule has 0 radical (unpaired) electrons. The first-order valence-electron chi connectivity index (χ1n) is 4.28. The topological polar surface area (TPSA) is 243 Å². The summed E-state index contributed by atoms with van der Waals surface area (Å²) in [4.78, 5) is 12.0. The van der Waals surface area contributed by atoms with Gasteiger partial charge in [-0.25, -0.2) is 13.2 Å². The Morgan fingerprint density at radius 3 is 1.86 bits per heavy atom. The average molecular weight is 402 g/mol. The number of rotatable bonds is 2. The van der Waals surface area contributed by atoms with Gasteiger partial charge in [-0.3, -0.25) is 9.46 Å². The Balaban J connectivity index is -0.000000139. The van der Waals surface area contributed by atoms with Gasteiger partial charge in [-0.2, -0.15) is 0 Å². The molecule has 0 unspecified atom stereocenters. The van der Waals surface area contributed by atoms with Gasteiger partial charge in [0, 0.05) is 0 Å². The fourth-order valence-corrected chi connectivity index (χ4v) is 0.823. The minimum Gasteiger partial charge on any atom is -0.726 e. The summed E-state index contributed by atoms with van der Waals surface area (Å²) in [6.45, 7) is -0.671. The summed E-state index contributed by atoms with van der Waals surface area (Å²) in [6, 6.07) is 0. The second kappa shape index (κ2) is 14.0. The maximum atomic E-state index is 10.5. The van der Waals surface area contributed by atoms with Crippen molar-refractivity contribution in [3.63, 3.8) is 0 Å². The SMILES string of the molecule is O=C1O[C@H]([C@@H](O)CO)C(O)=C1O.O=S(=O)([O-])O.[Cu+].[N-]=[N+]=[N-].[Na+]. The minimum atomic E-state index is -4.92. The second-order valence-corrected chi connectivity index (χ2v) is 3.68. The van der Waals surface area contributed by atoms with Gasteiger partial charge < -0.3 is 40.8 Å². The third-order valence-corrected chi connectivity index (χ3v) is 1.48. The molecule has 126 valence electrons. The number of esters is 1. The zero-order chi connectivity index (χ0) is 16.5. The number of aliphatic hydroxyl groups excluding tert-OH is 4. The molecule has 0 saturated carbocycles. The van der Waals surface area contributed by atoms with Crippen LogP contribution in [0.25, 0.3) is 16.0 Å². The summed E-state index contributed by atoms with van der Waals surface area (Å²) in [5.74, 6) is -2.78. The molecular formula is C6H9CuN3NaO10S. The van der Waals surface area contributed by atoms with E-state index in [1.807, 2.05) is 0 Å². The van der Waals surface area contributed by atoms with E-state index in [9.17, 15) is 4.79 Å². The second-order valence-electron chi connectivity index (χ2n) is 2.83. The smallest absolute Gasteiger partial charge is 0.726 e. The van der Waals surface area contributed by atoms with Crippen molar-refractivity contribution in [3.8, 4) is 0 Å². The van der Waals surface area contributed by atoms with E-state index in [0.717, 1.165) is 0 Å². The van der Waals surface area contributed by atoms with Crippen LogP contribution in [0.3, 0.4) is 0 Å². The Hall–Kier alpha value is -0.571. The van der Waals surface area contributed by atoms with Crippen LogP contribution in [0.5, 0.6) is 0 Å². The Morgan fingerprint density at radius 2 is 1.68 bits per heavy atom. The average Bonchev–Trinajstić information content (AvgIpc) is 2.55. The van der Waals surface area contributed by atoms with Gasteiger partial charge in [0.05, 0.1) is 6.61 Å². The molecule has 0 aromatic heterocycles. The molecule has 0 fully saturated rings. The zero-order valence-corrected chi connectivity index (χ0v) is 14.4. The summed E-state index contributed by atoms with van der Waals surface area (Å²) in [5, 5.41) is 35.0. The van der Waals surface area contributed by atoms with Crippen molar-refractivity contribution < 1.29 is 94.1 Å². The number of hydrogen-bond donors (Lipinski definition) is 5. The van der Waals surface area contributed by atoms with E-state index < -0.39 is 46.7 Å². The number of hydrogen-bond acceptors (Lipinski definition) is 9. The fraction of sp³-hybridized carbons (Fsp3) is 0.500. The van der Waals surface area contributed by atoms with Gasteiger partial charge in [-0.15, -0.1) is 0 Å². The number of carbonyl (C=O) groups excluding carboxylic acids is 1. The van der Waals surface area contributed by atoms with E-state index in [4.69, 9.17) is 49.0 Å². The molecule has 16 heteroatoms. The quantitative estimate of drug-likeness (QED) is 0.0563. The van der Waals surface area contributed by atoms with Crippen LogP contribution >= 0.6 is 0 Å². The Morgan fingerprint density at radius 1 is 1.36 bits per heavy atom. The summed E-state index contributed by atoms with van der Waals surface area (Å²) in [5.41, 5.74) is 13.5. The Labute approximate surface area is 156 Å². The van der Waals surface area contributed by atoms with Crippen LogP contribution in [0, 0.1) is 0 Å². The van der Waals surface area contributed by atoms with Crippen molar-refractivity contribution in [2.24, 2.45) is 0 Å². The van der Waals surface area contributed by atoms with Crippen molar-refractivity contribution in [2.45, 2.75) is 12.2 Å². The molecule has 0 aromatic rings. The molecule has 0 amide bonds. The molecule has 5 N–H and O–H groups in total. The third kappa shape index (κ3) is 14.4. The predicted molar refractivity (Wildman–Crippen MR) is 57.7 cm³/mol. The van der Waals surface area contributed by atoms with Crippen LogP contribution in [0.4, 0.5) is 0 Å². The number of nitrogens with zero attached hydrogens (tertiary/aromatic N) is 3. The van der Waals surface area contributed by atoms with E-state index in [-0.39, 0.29) is 46.6 Å². The largest absolute Gasteiger partial charge is 1.00 e. The van der Waals surface area contributed by atoms with Crippen LogP contribution in [0.1, 0.15) is 0 Å². The normalized spacial score (nSPS) is 17.1. The molecule has 0 bridgehead atoms. The summed E-state index contributed by atoms with van der Waals surface area (Å²) in [6.07, 6.45) is -2.78. The maximum absolute atomic E-state index is 10.5. The van der Waals surface area contributed by atoms with E-state index in [1.54, 1.807) is 0 Å². The molecule has 1 aliphatic heterocycles. The Bertz CT molecular complexity index is 497. The van der Waals surface area contributed by atoms with Crippen molar-refractivity contribution in [2.75, 3.05) is 6.61 Å². The number of ether oxygens (including phenoxy) is 1. The zero-order valence-electron chi connectivity index (χ0n) is 10.7. The van der Waals surface area contributed by atoms with E-state index in [2.05, 4.69) is 4.74 Å². The van der Waals surface area contributed by atoms with E-state index in [1.165, 1.54) is 4.91 Å². The van der Waals surface area contributed by atoms with Crippen molar-refractivity contribution >= 4 is 16.4 Å². The Kier molecular flexibility index (Phi) is 18.8. The van der Waals surface area contributed by atoms with E-state index in [0.29, 0.717) is 0 Å². The molecule has 0 aromatic carbocycles. The minimum absolute atomic E-state index is 0. The van der Waals surface area contributed by atoms with Gasteiger partial charge in [-0.1, -0.05) is 0 Å². The molecule has 0 spiro atoms. The first-order chi connectivity index (χ1) is 8.99. The summed E-state index contributed by atoms with van der Waals surface area (Å²) >= 11 is 0. The number of aliphatic hydroxyl groups is 4. The fourth-order valence-electron chi connectivity index (χ4n) is 0.823. The van der Waals surface area contributed by atoms with Crippen molar-refractivity contribution in [1.29, 1.82) is 0 Å². The first kappa shape index (κ1) is 29.4. The molecule has 13 nitrogen and oxygen atoms in total. The van der Waals surface area contributed by atoms with Gasteiger partial charge in [0.15, 0.2) is 11.9 Å². The van der Waals surface area contributed by atoms with Gasteiger partial charge in [-0.05, 0) is 0 Å². The van der Waals surface area contributed by atoms with Crippen LogP contribution in [0.15, 0.2) is 11.5 Å². The monoisotopic (exact) mass is 401 g/mol. The molecule has 1 heterocycles. The molecule has 1 rings (SSSR count). The molecule has 0 aliphatic carbocycles. The molecular weight excluding hydrogens is 393 g/mol. The van der Waals surface area contributed by atoms with Crippen molar-refractivity contribution in [1.82, 2.24) is 0 Å². The van der Waals surface area contributed by atoms with Gasteiger partial charge in [0.25, 0.3) is 0 Å². The van der Waals surface area contributed by atoms with Gasteiger partial charge in [0.1, 0.15) is 6.10 Å². The molecule has 0 saturated heterocycles. The number of cyclic esters (lactones) is 1. The van der Waals surface area contributed by atoms with Crippen LogP contribution in [-0.2, 0) is 37.0 Å². The van der Waals surface area contributed by atoms with Crippen LogP contribution in [-0.4, -0.2) is 62.7 Å². The van der Waals surface area contributed by atoms with Crippen LogP contribution in [0.2, 0.25) is 0 Å². The maximum Gasteiger partial charge on any atom is 1.00 e. The molecule has 1 aliphatic rings. The predicted octanol–water partition coefficient (Wildman–Crippen LogP) is -4.54. The first-order valence-corrected chi connectivity index (χ1v) is 5.64. The van der Waals surface area contributed by atoms with Crippen LogP contribution < -0.4 is 29.6 Å². The summed E-state index contributed by atoms with van der Waals surface area (Å²) < 4.78 is 37.1. The summed E-state index contributed by atoms with van der Waals surface area (Å²) in [7, 11) is -4.92. The third-order valence-electron chi connectivity index (χ3n) is 1.48.